The van der Waals surface area contributed by atoms with Gasteiger partial charge in [-0.05, 0) is 46.8 Å². The summed E-state index contributed by atoms with van der Waals surface area (Å²) in [6, 6.07) is 7.07. The van der Waals surface area contributed by atoms with Crippen LogP contribution in [0.1, 0.15) is 40.5 Å². The molecule has 0 aromatic heterocycles. The first-order valence-corrected chi connectivity index (χ1v) is 9.34. The second-order valence-electron chi connectivity index (χ2n) is 5.37. The van der Waals surface area contributed by atoms with E-state index in [1.54, 1.807) is 22.5 Å². The quantitative estimate of drug-likeness (QED) is 0.726. The molecule has 0 radical (unpaired) electrons. The Morgan fingerprint density at radius 3 is 2.15 bits per heavy atom. The van der Waals surface area contributed by atoms with Gasteiger partial charge < -0.3 is 0 Å². The Balaban J connectivity index is 3.27. The minimum absolute atomic E-state index is 0.0505. The highest BCUT2D eigenvalue weighted by atomic mass is 79.9. The first kappa shape index (κ1) is 17.7. The highest BCUT2D eigenvalue weighted by Crippen LogP contribution is 2.28. The Hall–Kier alpha value is -0.390. The molecule has 0 aliphatic heterocycles. The van der Waals surface area contributed by atoms with Gasteiger partial charge in [0.2, 0.25) is 10.0 Å². The van der Waals surface area contributed by atoms with Crippen molar-refractivity contribution >= 4 is 26.0 Å². The smallest absolute Gasteiger partial charge is 0.207 e. The van der Waals surface area contributed by atoms with Gasteiger partial charge in [0.15, 0.2) is 0 Å². The summed E-state index contributed by atoms with van der Waals surface area (Å²) < 4.78 is 28.2. The topological polar surface area (TPSA) is 37.4 Å². The van der Waals surface area contributed by atoms with E-state index in [-0.39, 0.29) is 6.04 Å². The lowest BCUT2D eigenvalue weighted by Crippen LogP contribution is -2.42. The lowest BCUT2D eigenvalue weighted by molar-refractivity contribution is 0.277. The molecule has 0 amide bonds. The molecule has 5 heteroatoms. The molecule has 0 heterocycles. The van der Waals surface area contributed by atoms with Crippen LogP contribution in [-0.4, -0.2) is 25.3 Å². The molecule has 0 saturated carbocycles. The van der Waals surface area contributed by atoms with Gasteiger partial charge in [-0.1, -0.05) is 39.8 Å². The number of halogens is 1. The van der Waals surface area contributed by atoms with E-state index < -0.39 is 10.0 Å². The molecular formula is C15H24BrNO2S. The van der Waals surface area contributed by atoms with Crippen LogP contribution in [0.5, 0.6) is 0 Å². The molecule has 1 rings (SSSR count). The van der Waals surface area contributed by atoms with Gasteiger partial charge in [0.1, 0.15) is 0 Å². The molecule has 0 bridgehead atoms. The molecule has 114 valence electrons. The minimum atomic E-state index is -3.46. The van der Waals surface area contributed by atoms with Crippen LogP contribution in [-0.2, 0) is 10.0 Å². The zero-order chi connectivity index (χ0) is 15.3. The van der Waals surface area contributed by atoms with E-state index in [2.05, 4.69) is 15.9 Å². The van der Waals surface area contributed by atoms with E-state index >= 15 is 0 Å². The van der Waals surface area contributed by atoms with Gasteiger partial charge in [-0.2, -0.15) is 4.31 Å². The Kier molecular flexibility index (Phi) is 6.69. The molecule has 0 aliphatic carbocycles. The zero-order valence-electron chi connectivity index (χ0n) is 12.6. The van der Waals surface area contributed by atoms with E-state index in [1.807, 2.05) is 33.8 Å². The van der Waals surface area contributed by atoms with Gasteiger partial charge >= 0.3 is 0 Å². The molecule has 20 heavy (non-hydrogen) atoms. The van der Waals surface area contributed by atoms with Crippen molar-refractivity contribution in [2.24, 2.45) is 5.92 Å². The van der Waals surface area contributed by atoms with Gasteiger partial charge in [0.25, 0.3) is 0 Å². The van der Waals surface area contributed by atoms with Crippen molar-refractivity contribution in [2.45, 2.75) is 51.5 Å². The highest BCUT2D eigenvalue weighted by Gasteiger charge is 2.31. The summed E-state index contributed by atoms with van der Waals surface area (Å²) >= 11 is 3.35. The van der Waals surface area contributed by atoms with Crippen LogP contribution < -0.4 is 0 Å². The first-order chi connectivity index (χ1) is 9.34. The fraction of sp³-hybridized carbons (Fsp3) is 0.600. The van der Waals surface area contributed by atoms with Crippen molar-refractivity contribution in [2.75, 3.05) is 6.54 Å². The monoisotopic (exact) mass is 361 g/mol. The molecular weight excluding hydrogens is 338 g/mol. The zero-order valence-corrected chi connectivity index (χ0v) is 15.0. The summed E-state index contributed by atoms with van der Waals surface area (Å²) in [5.74, 6) is 0.299. The predicted molar refractivity (Wildman–Crippen MR) is 87.2 cm³/mol. The molecule has 0 saturated heterocycles. The number of sulfonamides is 1. The van der Waals surface area contributed by atoms with E-state index in [0.29, 0.717) is 21.8 Å². The van der Waals surface area contributed by atoms with Crippen LogP contribution in [0.25, 0.3) is 0 Å². The first-order valence-electron chi connectivity index (χ1n) is 7.10. The van der Waals surface area contributed by atoms with Crippen molar-refractivity contribution in [1.82, 2.24) is 4.31 Å². The van der Waals surface area contributed by atoms with Crippen LogP contribution in [0.4, 0.5) is 0 Å². The Morgan fingerprint density at radius 2 is 1.70 bits per heavy atom. The average molecular weight is 362 g/mol. The van der Waals surface area contributed by atoms with Crippen LogP contribution >= 0.6 is 15.9 Å². The van der Waals surface area contributed by atoms with Crippen molar-refractivity contribution in [3.05, 3.63) is 28.7 Å². The van der Waals surface area contributed by atoms with Crippen molar-refractivity contribution in [1.29, 1.82) is 0 Å². The molecule has 0 fully saturated rings. The summed E-state index contributed by atoms with van der Waals surface area (Å²) in [6.45, 7) is 8.72. The molecule has 0 aliphatic rings. The fourth-order valence-electron chi connectivity index (χ4n) is 2.28. The van der Waals surface area contributed by atoms with Crippen molar-refractivity contribution in [3.63, 3.8) is 0 Å². The third-order valence-electron chi connectivity index (χ3n) is 3.32. The van der Waals surface area contributed by atoms with E-state index in [1.165, 1.54) is 0 Å². The number of hydrogen-bond donors (Lipinski definition) is 0. The Labute approximate surface area is 131 Å². The maximum atomic E-state index is 12.9. The molecule has 0 unspecified atom stereocenters. The summed E-state index contributed by atoms with van der Waals surface area (Å²) in [5, 5.41) is 0. The number of benzene rings is 1. The second-order valence-corrected chi connectivity index (χ2v) is 8.08. The van der Waals surface area contributed by atoms with Crippen LogP contribution in [0.3, 0.4) is 0 Å². The van der Waals surface area contributed by atoms with Crippen molar-refractivity contribution in [3.8, 4) is 0 Å². The largest absolute Gasteiger partial charge is 0.244 e. The van der Waals surface area contributed by atoms with Gasteiger partial charge in [-0.3, -0.25) is 0 Å². The molecule has 0 N–H and O–H groups in total. The Bertz CT molecular complexity index is 524. The summed E-state index contributed by atoms with van der Waals surface area (Å²) in [7, 11) is -3.46. The van der Waals surface area contributed by atoms with Gasteiger partial charge in [0.05, 0.1) is 4.90 Å². The van der Waals surface area contributed by atoms with Crippen LogP contribution in [0.2, 0.25) is 0 Å². The van der Waals surface area contributed by atoms with E-state index in [4.69, 9.17) is 0 Å². The highest BCUT2D eigenvalue weighted by molar-refractivity contribution is 9.10. The van der Waals surface area contributed by atoms with Crippen LogP contribution in [0.15, 0.2) is 33.6 Å². The van der Waals surface area contributed by atoms with Gasteiger partial charge in [0, 0.05) is 17.1 Å². The normalized spacial score (nSPS) is 12.6. The minimum Gasteiger partial charge on any atom is -0.207 e. The second kappa shape index (κ2) is 7.57. The molecule has 0 atom stereocenters. The van der Waals surface area contributed by atoms with E-state index in [0.717, 1.165) is 12.8 Å². The lowest BCUT2D eigenvalue weighted by atomic mass is 10.1. The van der Waals surface area contributed by atoms with Crippen molar-refractivity contribution < 1.29 is 8.42 Å². The number of nitrogens with zero attached hydrogens (tertiary/aromatic N) is 1. The molecule has 1 aromatic rings. The molecule has 1 aromatic carbocycles. The van der Waals surface area contributed by atoms with Crippen LogP contribution in [0, 0.1) is 5.92 Å². The maximum absolute atomic E-state index is 12.9. The average Bonchev–Trinajstić information content (AvgIpc) is 2.38. The SMILES string of the molecule is CCC(CC)N(CC(C)C)S(=O)(=O)c1ccccc1Br. The number of hydrogen-bond acceptors (Lipinski definition) is 2. The molecule has 0 spiro atoms. The van der Waals surface area contributed by atoms with E-state index in [9.17, 15) is 8.42 Å². The predicted octanol–water partition coefficient (Wildman–Crippen LogP) is 4.28. The summed E-state index contributed by atoms with van der Waals surface area (Å²) in [4.78, 5) is 0.354. The fourth-order valence-corrected chi connectivity index (χ4v) is 5.18. The summed E-state index contributed by atoms with van der Waals surface area (Å²) in [6.07, 6.45) is 1.65. The standard InChI is InChI=1S/C15H24BrNO2S/c1-5-13(6-2)17(11-12(3)4)20(18,19)15-10-8-7-9-14(15)16/h7-10,12-13H,5-6,11H2,1-4H3. The van der Waals surface area contributed by atoms with Gasteiger partial charge in [-0.15, -0.1) is 0 Å². The molecule has 3 nitrogen and oxygen atoms in total. The Morgan fingerprint density at radius 1 is 1.15 bits per heavy atom. The number of rotatable bonds is 7. The third kappa shape index (κ3) is 4.06. The third-order valence-corrected chi connectivity index (χ3v) is 6.25. The summed E-state index contributed by atoms with van der Waals surface area (Å²) in [5.41, 5.74) is 0. The lowest BCUT2D eigenvalue weighted by Gasteiger charge is -2.31. The van der Waals surface area contributed by atoms with Gasteiger partial charge in [-0.25, -0.2) is 8.42 Å². The maximum Gasteiger partial charge on any atom is 0.244 e.